The van der Waals surface area contributed by atoms with E-state index in [0.29, 0.717) is 17.1 Å². The summed E-state index contributed by atoms with van der Waals surface area (Å²) in [6.45, 7) is 3.28. The van der Waals surface area contributed by atoms with E-state index in [4.69, 9.17) is 21.1 Å². The lowest BCUT2D eigenvalue weighted by Gasteiger charge is -2.31. The van der Waals surface area contributed by atoms with Crippen molar-refractivity contribution in [3.05, 3.63) is 90.0 Å². The smallest absolute Gasteiger partial charge is 0.416 e. The number of halogens is 4. The van der Waals surface area contributed by atoms with Gasteiger partial charge in [0.05, 0.1) is 5.56 Å². The van der Waals surface area contributed by atoms with E-state index in [0.717, 1.165) is 12.1 Å². The molecule has 0 radical (unpaired) electrons. The van der Waals surface area contributed by atoms with Crippen molar-refractivity contribution in [1.82, 2.24) is 0 Å². The monoisotopic (exact) mass is 502 g/mol. The van der Waals surface area contributed by atoms with Gasteiger partial charge in [-0.3, -0.25) is 0 Å². The van der Waals surface area contributed by atoms with Crippen molar-refractivity contribution in [2.45, 2.75) is 31.1 Å². The van der Waals surface area contributed by atoms with Gasteiger partial charge in [-0.05, 0) is 48.5 Å². The standard InChI is InChI=1S/C26H22ClF3N2O3/c1-17(2)25(27,32-20-13-11-19(12-14-20)26(28,29)30)24(33)35-23(16-31)18-7-6-10-22(15-18)34-21-8-4-3-5-9-21/h3-15,17,23,32H,1-2H3. The maximum Gasteiger partial charge on any atom is 0.416 e. The van der Waals surface area contributed by atoms with Crippen molar-refractivity contribution in [1.29, 1.82) is 5.26 Å². The maximum absolute atomic E-state index is 13.1. The first-order valence-corrected chi connectivity index (χ1v) is 11.0. The summed E-state index contributed by atoms with van der Waals surface area (Å²) >= 11 is 6.57. The molecule has 0 saturated heterocycles. The van der Waals surface area contributed by atoms with Gasteiger partial charge in [-0.15, -0.1) is 0 Å². The summed E-state index contributed by atoms with van der Waals surface area (Å²) in [5.41, 5.74) is -0.283. The molecule has 0 heterocycles. The van der Waals surface area contributed by atoms with Gasteiger partial charge in [0, 0.05) is 17.2 Å². The fourth-order valence-corrected chi connectivity index (χ4v) is 3.26. The molecule has 3 aromatic carbocycles. The number of alkyl halides is 4. The van der Waals surface area contributed by atoms with Gasteiger partial charge >= 0.3 is 12.1 Å². The lowest BCUT2D eigenvalue weighted by molar-refractivity contribution is -0.150. The Hall–Kier alpha value is -3.70. The van der Waals surface area contributed by atoms with Crippen LogP contribution in [0.25, 0.3) is 0 Å². The Kier molecular flexibility index (Phi) is 7.92. The average molecular weight is 503 g/mol. The van der Waals surface area contributed by atoms with Crippen molar-refractivity contribution in [3.8, 4) is 17.6 Å². The Morgan fingerprint density at radius 3 is 2.17 bits per heavy atom. The van der Waals surface area contributed by atoms with Gasteiger partial charge in [0.25, 0.3) is 0 Å². The summed E-state index contributed by atoms with van der Waals surface area (Å²) in [6.07, 6.45) is -5.79. The van der Waals surface area contributed by atoms with Crippen molar-refractivity contribution in [3.63, 3.8) is 0 Å². The van der Waals surface area contributed by atoms with Crippen molar-refractivity contribution in [2.75, 3.05) is 5.32 Å². The maximum atomic E-state index is 13.1. The summed E-state index contributed by atoms with van der Waals surface area (Å²) in [6, 6.07) is 21.6. The van der Waals surface area contributed by atoms with E-state index < -0.39 is 34.7 Å². The van der Waals surface area contributed by atoms with Crippen LogP contribution in [0.2, 0.25) is 0 Å². The molecule has 1 N–H and O–H groups in total. The topological polar surface area (TPSA) is 71.3 Å². The number of benzene rings is 3. The predicted octanol–water partition coefficient (Wildman–Crippen LogP) is 7.31. The fraction of sp³-hybridized carbons (Fsp3) is 0.231. The van der Waals surface area contributed by atoms with Crippen LogP contribution in [0.3, 0.4) is 0 Å². The van der Waals surface area contributed by atoms with E-state index in [1.165, 1.54) is 12.1 Å². The second kappa shape index (κ2) is 10.7. The van der Waals surface area contributed by atoms with Crippen LogP contribution in [-0.4, -0.2) is 11.0 Å². The first-order valence-electron chi connectivity index (χ1n) is 10.6. The van der Waals surface area contributed by atoms with Gasteiger partial charge in [0.2, 0.25) is 11.1 Å². The molecule has 2 atom stereocenters. The first-order chi connectivity index (χ1) is 16.5. The molecule has 2 unspecified atom stereocenters. The van der Waals surface area contributed by atoms with Gasteiger partial charge in [-0.1, -0.05) is 55.8 Å². The van der Waals surface area contributed by atoms with Gasteiger partial charge in [-0.2, -0.15) is 18.4 Å². The molecule has 3 rings (SSSR count). The number of rotatable bonds is 8. The van der Waals surface area contributed by atoms with Gasteiger partial charge in [0.1, 0.15) is 17.6 Å². The van der Waals surface area contributed by atoms with E-state index in [-0.39, 0.29) is 5.69 Å². The molecule has 9 heteroatoms. The molecule has 0 amide bonds. The van der Waals surface area contributed by atoms with Crippen LogP contribution in [0.4, 0.5) is 18.9 Å². The van der Waals surface area contributed by atoms with Crippen LogP contribution in [0, 0.1) is 17.2 Å². The molecule has 0 saturated carbocycles. The highest BCUT2D eigenvalue weighted by Crippen LogP contribution is 2.34. The summed E-state index contributed by atoms with van der Waals surface area (Å²) in [5, 5.41) is 12.4. The van der Waals surface area contributed by atoms with Crippen LogP contribution >= 0.6 is 11.6 Å². The molecule has 35 heavy (non-hydrogen) atoms. The number of hydrogen-bond acceptors (Lipinski definition) is 5. The van der Waals surface area contributed by atoms with Crippen LogP contribution in [-0.2, 0) is 15.7 Å². The van der Waals surface area contributed by atoms with E-state index in [1.807, 2.05) is 24.3 Å². The number of ether oxygens (including phenoxy) is 2. The highest BCUT2D eigenvalue weighted by Gasteiger charge is 2.43. The Labute approximate surface area is 206 Å². The normalized spacial score (nSPS) is 13.9. The molecule has 3 aromatic rings. The minimum absolute atomic E-state index is 0.186. The molecule has 0 fully saturated rings. The molecule has 182 valence electrons. The number of nitrogens with one attached hydrogen (secondary N) is 1. The van der Waals surface area contributed by atoms with Gasteiger partial charge in [0.15, 0.2) is 0 Å². The summed E-state index contributed by atoms with van der Waals surface area (Å²) in [7, 11) is 0. The number of anilines is 1. The number of hydrogen-bond donors (Lipinski definition) is 1. The molecule has 0 aliphatic heterocycles. The summed E-state index contributed by atoms with van der Waals surface area (Å²) in [4.78, 5) is 11.2. The summed E-state index contributed by atoms with van der Waals surface area (Å²) in [5.74, 6) is -0.467. The Morgan fingerprint density at radius 1 is 0.971 bits per heavy atom. The lowest BCUT2D eigenvalue weighted by atomic mass is 10.0. The van der Waals surface area contributed by atoms with Gasteiger partial charge < -0.3 is 14.8 Å². The second-order valence-electron chi connectivity index (χ2n) is 7.97. The SMILES string of the molecule is CC(C)C(Cl)(Nc1ccc(C(F)(F)F)cc1)C(=O)OC(C#N)c1cccc(Oc2ccccc2)c1. The van der Waals surface area contributed by atoms with E-state index >= 15 is 0 Å². The quantitative estimate of drug-likeness (QED) is 0.199. The number of esters is 1. The van der Waals surface area contributed by atoms with Crippen LogP contribution in [0.1, 0.15) is 31.1 Å². The predicted molar refractivity (Wildman–Crippen MR) is 126 cm³/mol. The number of nitriles is 1. The average Bonchev–Trinajstić information content (AvgIpc) is 2.82. The Balaban J connectivity index is 1.78. The highest BCUT2D eigenvalue weighted by atomic mass is 35.5. The molecule has 0 aliphatic rings. The van der Waals surface area contributed by atoms with Crippen molar-refractivity contribution >= 4 is 23.3 Å². The number of carbonyl (C=O) groups excluding carboxylic acids is 1. The van der Waals surface area contributed by atoms with Crippen LogP contribution in [0.5, 0.6) is 11.5 Å². The first kappa shape index (κ1) is 25.9. The summed E-state index contributed by atoms with van der Waals surface area (Å²) < 4.78 is 49.7. The van der Waals surface area contributed by atoms with Gasteiger partial charge in [-0.25, -0.2) is 4.79 Å². The highest BCUT2D eigenvalue weighted by molar-refractivity contribution is 6.35. The zero-order valence-corrected chi connectivity index (χ0v) is 19.6. The molecular weight excluding hydrogens is 481 g/mol. The molecule has 0 spiro atoms. The third-order valence-electron chi connectivity index (χ3n) is 5.11. The molecule has 0 aromatic heterocycles. The van der Waals surface area contributed by atoms with Crippen molar-refractivity contribution in [2.24, 2.45) is 5.92 Å². The van der Waals surface area contributed by atoms with E-state index in [1.54, 1.807) is 50.2 Å². The second-order valence-corrected chi connectivity index (χ2v) is 8.56. The Bertz CT molecular complexity index is 1190. The third-order valence-corrected chi connectivity index (χ3v) is 5.80. The number of carbonyl (C=O) groups is 1. The fourth-order valence-electron chi connectivity index (χ4n) is 3.11. The van der Waals surface area contributed by atoms with E-state index in [9.17, 15) is 23.2 Å². The molecule has 5 nitrogen and oxygen atoms in total. The number of para-hydroxylation sites is 1. The molecule has 0 aliphatic carbocycles. The van der Waals surface area contributed by atoms with E-state index in [2.05, 4.69) is 5.32 Å². The minimum atomic E-state index is -4.49. The lowest BCUT2D eigenvalue weighted by Crippen LogP contribution is -2.47. The van der Waals surface area contributed by atoms with Crippen LogP contribution < -0.4 is 10.1 Å². The minimum Gasteiger partial charge on any atom is -0.457 e. The van der Waals surface area contributed by atoms with Crippen molar-refractivity contribution < 1.29 is 27.4 Å². The molecular formula is C26H22ClF3N2O3. The zero-order valence-electron chi connectivity index (χ0n) is 18.8. The Morgan fingerprint density at radius 2 is 1.60 bits per heavy atom. The molecule has 0 bridgehead atoms. The number of nitrogens with zero attached hydrogens (tertiary/aromatic N) is 1. The third kappa shape index (κ3) is 6.46. The zero-order chi connectivity index (χ0) is 25.6. The van der Waals surface area contributed by atoms with Crippen LogP contribution in [0.15, 0.2) is 78.9 Å². The largest absolute Gasteiger partial charge is 0.457 e.